The Morgan fingerprint density at radius 3 is 2.43 bits per heavy atom. The molecule has 0 unspecified atom stereocenters. The van der Waals surface area contributed by atoms with Gasteiger partial charge in [-0.3, -0.25) is 35.3 Å². The van der Waals surface area contributed by atoms with Gasteiger partial charge in [-0.1, -0.05) is 6.07 Å². The molecule has 2 rings (SSSR count). The molecule has 1 heterocycles. The minimum atomic E-state index is -0.967. The first-order chi connectivity index (χ1) is 9.86. The van der Waals surface area contributed by atoms with Crippen LogP contribution >= 0.6 is 0 Å². The number of amides is 4. The number of carbonyl (C=O) groups is 3. The highest BCUT2D eigenvalue weighted by atomic mass is 16.6. The molecule has 1 aliphatic rings. The Hall–Kier alpha value is -3.01. The molecule has 4 amide bonds. The standard InChI is InChI=1S/C11H11N5O5/c1-14-9(17)10(18)15(11(14)19)5-6-2-3-7(13-12)8(4-6)16(20)21/h2-4,13H,5,12H2,1H3. The number of nitrogens with two attached hydrogens (primary N) is 1. The van der Waals surface area contributed by atoms with Crippen molar-refractivity contribution in [2.75, 3.05) is 12.5 Å². The zero-order valence-corrected chi connectivity index (χ0v) is 10.9. The molecule has 10 heteroatoms. The second kappa shape index (κ2) is 5.17. The Morgan fingerprint density at radius 2 is 1.95 bits per heavy atom. The number of likely N-dealkylation sites (N-methyl/N-ethyl adjacent to an activating group) is 1. The zero-order chi connectivity index (χ0) is 15.7. The number of nitro benzene ring substituents is 1. The number of rotatable bonds is 4. The van der Waals surface area contributed by atoms with Gasteiger partial charge >= 0.3 is 17.8 Å². The van der Waals surface area contributed by atoms with Gasteiger partial charge in [0.1, 0.15) is 5.69 Å². The van der Waals surface area contributed by atoms with E-state index in [4.69, 9.17) is 5.84 Å². The van der Waals surface area contributed by atoms with Gasteiger partial charge < -0.3 is 5.43 Å². The summed E-state index contributed by atoms with van der Waals surface area (Å²) in [5, 5.41) is 10.9. The summed E-state index contributed by atoms with van der Waals surface area (Å²) in [6.45, 7) is -0.237. The molecule has 1 aliphatic heterocycles. The molecule has 10 nitrogen and oxygen atoms in total. The third kappa shape index (κ3) is 2.39. The number of nitrogens with zero attached hydrogens (tertiary/aromatic N) is 3. The minimum absolute atomic E-state index is 0.0935. The lowest BCUT2D eigenvalue weighted by molar-refractivity contribution is -0.384. The number of hydrogen-bond acceptors (Lipinski definition) is 7. The quantitative estimate of drug-likeness (QED) is 0.257. The van der Waals surface area contributed by atoms with Gasteiger partial charge in [-0.05, 0) is 11.6 Å². The lowest BCUT2D eigenvalue weighted by Crippen LogP contribution is -2.31. The van der Waals surface area contributed by atoms with Gasteiger partial charge in [-0.25, -0.2) is 4.79 Å². The van der Waals surface area contributed by atoms with E-state index in [1.165, 1.54) is 25.2 Å². The summed E-state index contributed by atoms with van der Waals surface area (Å²) in [5.41, 5.74) is 2.30. The van der Waals surface area contributed by atoms with E-state index in [0.29, 0.717) is 10.5 Å². The Kier molecular flexibility index (Phi) is 3.54. The summed E-state index contributed by atoms with van der Waals surface area (Å²) in [5.74, 6) is 3.26. The molecule has 0 radical (unpaired) electrons. The van der Waals surface area contributed by atoms with Gasteiger partial charge in [0.2, 0.25) is 0 Å². The second-order valence-corrected chi connectivity index (χ2v) is 4.29. The van der Waals surface area contributed by atoms with E-state index >= 15 is 0 Å². The van der Waals surface area contributed by atoms with Crippen LogP contribution in [-0.2, 0) is 16.1 Å². The molecule has 0 aliphatic carbocycles. The van der Waals surface area contributed by atoms with Crippen LogP contribution in [0.4, 0.5) is 16.2 Å². The maximum atomic E-state index is 11.7. The number of hydrogen-bond donors (Lipinski definition) is 2. The maximum Gasteiger partial charge on any atom is 0.334 e. The molecular formula is C11H11N5O5. The summed E-state index contributed by atoms with van der Waals surface area (Å²) < 4.78 is 0. The van der Waals surface area contributed by atoms with Crippen molar-refractivity contribution in [3.63, 3.8) is 0 Å². The second-order valence-electron chi connectivity index (χ2n) is 4.29. The lowest BCUT2D eigenvalue weighted by Gasteiger charge is -2.13. The Bertz CT molecular complexity index is 658. The number of nitro groups is 1. The molecule has 3 N–H and O–H groups in total. The number of nitrogen functional groups attached to an aromatic ring is 1. The highest BCUT2D eigenvalue weighted by molar-refractivity contribution is 6.44. The number of carbonyl (C=O) groups excluding carboxylic acids is 3. The summed E-state index contributed by atoms with van der Waals surface area (Å²) >= 11 is 0. The Balaban J connectivity index is 2.30. The fraction of sp³-hybridized carbons (Fsp3) is 0.182. The van der Waals surface area contributed by atoms with E-state index in [0.717, 1.165) is 4.90 Å². The number of hydrazine groups is 1. The van der Waals surface area contributed by atoms with Gasteiger partial charge in [0.05, 0.1) is 11.5 Å². The van der Waals surface area contributed by atoms with Crippen molar-refractivity contribution in [2.45, 2.75) is 6.54 Å². The van der Waals surface area contributed by atoms with Gasteiger partial charge in [0.15, 0.2) is 0 Å². The number of urea groups is 1. The van der Waals surface area contributed by atoms with Gasteiger partial charge in [-0.15, -0.1) is 0 Å². The van der Waals surface area contributed by atoms with Crippen LogP contribution in [0.25, 0.3) is 0 Å². The summed E-state index contributed by atoms with van der Waals surface area (Å²) in [7, 11) is 1.19. The van der Waals surface area contributed by atoms with E-state index in [-0.39, 0.29) is 17.9 Å². The predicted octanol–water partition coefficient (Wildman–Crippen LogP) is -0.199. The molecule has 0 aromatic heterocycles. The fourth-order valence-electron chi connectivity index (χ4n) is 1.88. The molecule has 21 heavy (non-hydrogen) atoms. The lowest BCUT2D eigenvalue weighted by atomic mass is 10.1. The normalized spacial score (nSPS) is 14.9. The van der Waals surface area contributed by atoms with E-state index in [1.807, 2.05) is 0 Å². The van der Waals surface area contributed by atoms with Crippen LogP contribution in [0.2, 0.25) is 0 Å². The van der Waals surface area contributed by atoms with E-state index < -0.39 is 22.8 Å². The van der Waals surface area contributed by atoms with Crippen molar-refractivity contribution < 1.29 is 19.3 Å². The Morgan fingerprint density at radius 1 is 1.29 bits per heavy atom. The van der Waals surface area contributed by atoms with E-state index in [9.17, 15) is 24.5 Å². The molecule has 0 bridgehead atoms. The van der Waals surface area contributed by atoms with Gasteiger partial charge in [0.25, 0.3) is 5.69 Å². The molecule has 1 saturated heterocycles. The van der Waals surface area contributed by atoms with Crippen LogP contribution in [0.1, 0.15) is 5.56 Å². The molecule has 1 aromatic carbocycles. The van der Waals surface area contributed by atoms with Crippen LogP contribution in [0, 0.1) is 10.1 Å². The van der Waals surface area contributed by atoms with Crippen molar-refractivity contribution in [1.29, 1.82) is 0 Å². The SMILES string of the molecule is CN1C(=O)C(=O)N(Cc2ccc(NN)c([N+](=O)[O-])c2)C1=O. The summed E-state index contributed by atoms with van der Waals surface area (Å²) in [6, 6.07) is 3.22. The number of benzene rings is 1. The van der Waals surface area contributed by atoms with E-state index in [1.54, 1.807) is 0 Å². The first-order valence-corrected chi connectivity index (χ1v) is 5.74. The topological polar surface area (TPSA) is 139 Å². The van der Waals surface area contributed by atoms with E-state index in [2.05, 4.69) is 5.43 Å². The average molecular weight is 293 g/mol. The van der Waals surface area contributed by atoms with Crippen molar-refractivity contribution in [1.82, 2.24) is 9.80 Å². The molecule has 0 spiro atoms. The summed E-state index contributed by atoms with van der Waals surface area (Å²) in [4.78, 5) is 46.4. The maximum absolute atomic E-state index is 11.7. The van der Waals surface area contributed by atoms with Gasteiger partial charge in [0, 0.05) is 13.1 Å². The molecule has 110 valence electrons. The first-order valence-electron chi connectivity index (χ1n) is 5.74. The minimum Gasteiger partial charge on any atom is -0.318 e. The highest BCUT2D eigenvalue weighted by Gasteiger charge is 2.42. The number of anilines is 1. The van der Waals surface area contributed by atoms with Crippen LogP contribution in [-0.4, -0.2) is 39.6 Å². The molecular weight excluding hydrogens is 282 g/mol. The molecule has 0 saturated carbocycles. The van der Waals surface area contributed by atoms with Crippen molar-refractivity contribution >= 4 is 29.2 Å². The zero-order valence-electron chi connectivity index (χ0n) is 10.9. The predicted molar refractivity (Wildman–Crippen MR) is 69.6 cm³/mol. The van der Waals surface area contributed by atoms with Crippen LogP contribution in [0.5, 0.6) is 0 Å². The summed E-state index contributed by atoms with van der Waals surface area (Å²) in [6.07, 6.45) is 0. The van der Waals surface area contributed by atoms with Crippen molar-refractivity contribution in [2.24, 2.45) is 5.84 Å². The highest BCUT2D eigenvalue weighted by Crippen LogP contribution is 2.26. The first kappa shape index (κ1) is 14.4. The van der Waals surface area contributed by atoms with Crippen molar-refractivity contribution in [3.8, 4) is 0 Å². The largest absolute Gasteiger partial charge is 0.334 e. The van der Waals surface area contributed by atoms with Crippen LogP contribution in [0.15, 0.2) is 18.2 Å². The molecule has 1 fully saturated rings. The molecule has 1 aromatic rings. The van der Waals surface area contributed by atoms with Gasteiger partial charge in [-0.2, -0.15) is 0 Å². The number of imide groups is 2. The molecule has 0 atom stereocenters. The van der Waals surface area contributed by atoms with Crippen LogP contribution in [0.3, 0.4) is 0 Å². The Labute approximate surface area is 118 Å². The number of nitrogens with one attached hydrogen (secondary N) is 1. The average Bonchev–Trinajstić information content (AvgIpc) is 2.65. The smallest absolute Gasteiger partial charge is 0.318 e. The third-order valence-electron chi connectivity index (χ3n) is 3.01. The van der Waals surface area contributed by atoms with Crippen molar-refractivity contribution in [3.05, 3.63) is 33.9 Å². The monoisotopic (exact) mass is 293 g/mol. The van der Waals surface area contributed by atoms with Crippen LogP contribution < -0.4 is 11.3 Å². The third-order valence-corrected chi connectivity index (χ3v) is 3.01. The fourth-order valence-corrected chi connectivity index (χ4v) is 1.88.